The number of H-pyrrole nitrogens is 1. The van der Waals surface area contributed by atoms with Crippen LogP contribution in [0.3, 0.4) is 0 Å². The second-order valence-electron chi connectivity index (χ2n) is 6.16. The molecule has 0 amide bonds. The summed E-state index contributed by atoms with van der Waals surface area (Å²) >= 11 is 6.17. The zero-order valence-electron chi connectivity index (χ0n) is 15.5. The number of aliphatic carboxylic acids is 2. The molecule has 4 aromatic rings. The maximum absolute atomic E-state index is 9.55. The number of carboxylic acid groups (broad SMARTS) is 2. The van der Waals surface area contributed by atoms with Crippen LogP contribution in [0.4, 0.5) is 0 Å². The van der Waals surface area contributed by atoms with Crippen LogP contribution < -0.4 is 0 Å². The molecular formula is C21H17ClN4O4. The first kappa shape index (κ1) is 20.8. The van der Waals surface area contributed by atoms with Crippen molar-refractivity contribution in [2.75, 3.05) is 0 Å². The Labute approximate surface area is 176 Å². The molecule has 0 bridgehead atoms. The molecule has 8 nitrogen and oxygen atoms in total. The monoisotopic (exact) mass is 424 g/mol. The van der Waals surface area contributed by atoms with Gasteiger partial charge in [-0.15, -0.1) is 0 Å². The minimum atomic E-state index is -1.26. The Bertz CT molecular complexity index is 1170. The summed E-state index contributed by atoms with van der Waals surface area (Å²) in [6.45, 7) is 0. The molecule has 0 aliphatic carbocycles. The summed E-state index contributed by atoms with van der Waals surface area (Å²) in [6.07, 6.45) is 8.39. The van der Waals surface area contributed by atoms with Crippen molar-refractivity contribution < 1.29 is 19.8 Å². The molecule has 1 unspecified atom stereocenters. The number of aromatic amines is 1. The number of carbonyl (C=O) groups is 2. The molecule has 0 aliphatic rings. The number of hydrogen-bond acceptors (Lipinski definition) is 4. The minimum absolute atomic E-state index is 0.0221. The molecule has 2 aromatic heterocycles. The fourth-order valence-corrected chi connectivity index (χ4v) is 3.10. The van der Waals surface area contributed by atoms with E-state index in [1.165, 1.54) is 0 Å². The van der Waals surface area contributed by atoms with E-state index in [-0.39, 0.29) is 6.04 Å². The van der Waals surface area contributed by atoms with E-state index in [9.17, 15) is 9.59 Å². The van der Waals surface area contributed by atoms with Gasteiger partial charge in [0.25, 0.3) is 0 Å². The maximum Gasteiger partial charge on any atom is 0.328 e. The average molecular weight is 425 g/mol. The van der Waals surface area contributed by atoms with Gasteiger partial charge in [-0.2, -0.15) is 0 Å². The van der Waals surface area contributed by atoms with E-state index >= 15 is 0 Å². The minimum Gasteiger partial charge on any atom is -0.478 e. The van der Waals surface area contributed by atoms with E-state index in [1.807, 2.05) is 36.8 Å². The Morgan fingerprint density at radius 2 is 1.80 bits per heavy atom. The molecular weight excluding hydrogens is 408 g/mol. The number of halogens is 1. The molecule has 2 aromatic carbocycles. The van der Waals surface area contributed by atoms with Gasteiger partial charge in [-0.1, -0.05) is 29.8 Å². The van der Waals surface area contributed by atoms with E-state index in [2.05, 4.69) is 37.7 Å². The summed E-state index contributed by atoms with van der Waals surface area (Å²) in [5.74, 6) is -2.51. The SMILES string of the molecule is Clc1cccc(C(c2ccc3nc[nH]c3c2)n2ccnc2)c1.O=C(O)/C=C/C(=O)O. The third-order valence-electron chi connectivity index (χ3n) is 4.12. The van der Waals surface area contributed by atoms with Gasteiger partial charge in [0.15, 0.2) is 0 Å². The Balaban J connectivity index is 0.000000275. The van der Waals surface area contributed by atoms with Crippen molar-refractivity contribution in [3.8, 4) is 0 Å². The molecule has 2 heterocycles. The lowest BCUT2D eigenvalue weighted by molar-refractivity contribution is -0.134. The third kappa shape index (κ3) is 5.33. The van der Waals surface area contributed by atoms with Crippen molar-refractivity contribution in [1.29, 1.82) is 0 Å². The first-order chi connectivity index (χ1) is 14.4. The van der Waals surface area contributed by atoms with Gasteiger partial charge in [0.05, 0.1) is 29.7 Å². The van der Waals surface area contributed by atoms with Crippen LogP contribution in [0.15, 0.2) is 79.7 Å². The average Bonchev–Trinajstić information content (AvgIpc) is 3.39. The molecule has 0 spiro atoms. The molecule has 152 valence electrons. The summed E-state index contributed by atoms with van der Waals surface area (Å²) < 4.78 is 2.07. The zero-order chi connectivity index (χ0) is 21.5. The number of hydrogen-bond donors (Lipinski definition) is 3. The van der Waals surface area contributed by atoms with Gasteiger partial charge < -0.3 is 19.8 Å². The van der Waals surface area contributed by atoms with Crippen LogP contribution in [0, 0.1) is 0 Å². The van der Waals surface area contributed by atoms with E-state index in [1.54, 1.807) is 12.5 Å². The summed E-state index contributed by atoms with van der Waals surface area (Å²) in [7, 11) is 0. The molecule has 0 aliphatic heterocycles. The normalized spacial score (nSPS) is 11.8. The number of nitrogens with one attached hydrogen (secondary N) is 1. The molecule has 0 saturated heterocycles. The highest BCUT2D eigenvalue weighted by Gasteiger charge is 2.17. The maximum atomic E-state index is 9.55. The number of nitrogens with zero attached hydrogens (tertiary/aromatic N) is 3. The predicted octanol–water partition coefficient (Wildman–Crippen LogP) is 3.76. The fraction of sp³-hybridized carbons (Fsp3) is 0.0476. The van der Waals surface area contributed by atoms with Crippen LogP contribution >= 0.6 is 11.6 Å². The van der Waals surface area contributed by atoms with Crippen LogP contribution in [0.2, 0.25) is 5.02 Å². The van der Waals surface area contributed by atoms with Crippen LogP contribution in [0.5, 0.6) is 0 Å². The Hall–Kier alpha value is -3.91. The van der Waals surface area contributed by atoms with Gasteiger partial charge in [0.1, 0.15) is 0 Å². The van der Waals surface area contributed by atoms with E-state index < -0.39 is 11.9 Å². The quantitative estimate of drug-likeness (QED) is 0.419. The van der Waals surface area contributed by atoms with Crippen molar-refractivity contribution >= 4 is 34.6 Å². The molecule has 30 heavy (non-hydrogen) atoms. The first-order valence-electron chi connectivity index (χ1n) is 8.74. The number of rotatable bonds is 5. The Kier molecular flexibility index (Phi) is 6.61. The largest absolute Gasteiger partial charge is 0.478 e. The summed E-state index contributed by atoms with van der Waals surface area (Å²) in [5, 5.41) is 16.4. The first-order valence-corrected chi connectivity index (χ1v) is 9.11. The lowest BCUT2D eigenvalue weighted by Gasteiger charge is -2.20. The van der Waals surface area contributed by atoms with Gasteiger partial charge in [0.2, 0.25) is 0 Å². The van der Waals surface area contributed by atoms with Crippen molar-refractivity contribution in [2.45, 2.75) is 6.04 Å². The van der Waals surface area contributed by atoms with Crippen molar-refractivity contribution in [3.05, 3.63) is 95.8 Å². The highest BCUT2D eigenvalue weighted by atomic mass is 35.5. The van der Waals surface area contributed by atoms with Gasteiger partial charge in [-0.3, -0.25) is 0 Å². The number of benzene rings is 2. The van der Waals surface area contributed by atoms with E-state index in [0.29, 0.717) is 12.2 Å². The molecule has 9 heteroatoms. The molecule has 0 fully saturated rings. The molecule has 0 radical (unpaired) electrons. The topological polar surface area (TPSA) is 121 Å². The lowest BCUT2D eigenvalue weighted by atomic mass is 9.98. The Morgan fingerprint density at radius 1 is 1.07 bits per heavy atom. The molecule has 1 atom stereocenters. The van der Waals surface area contributed by atoms with Crippen LogP contribution in [-0.4, -0.2) is 41.7 Å². The van der Waals surface area contributed by atoms with E-state index in [0.717, 1.165) is 27.2 Å². The molecule has 3 N–H and O–H groups in total. The molecule has 0 saturated carbocycles. The highest BCUT2D eigenvalue weighted by Crippen LogP contribution is 2.29. The standard InChI is InChI=1S/C17H13ClN4.C4H4O4/c18-14-3-1-2-12(8-14)17(22-7-6-19-11-22)13-4-5-15-16(9-13)21-10-20-15;5-3(6)1-2-4(7)8/h1-11,17H,(H,20,21);1-2H,(H,5,6)(H,7,8)/b;2-1+. The fourth-order valence-electron chi connectivity index (χ4n) is 2.90. The summed E-state index contributed by atoms with van der Waals surface area (Å²) in [4.78, 5) is 30.7. The smallest absolute Gasteiger partial charge is 0.328 e. The lowest BCUT2D eigenvalue weighted by Crippen LogP contribution is -2.10. The van der Waals surface area contributed by atoms with Crippen molar-refractivity contribution in [3.63, 3.8) is 0 Å². The van der Waals surface area contributed by atoms with Crippen LogP contribution in [0.25, 0.3) is 11.0 Å². The van der Waals surface area contributed by atoms with Gasteiger partial charge in [-0.25, -0.2) is 19.6 Å². The third-order valence-corrected chi connectivity index (χ3v) is 4.35. The van der Waals surface area contributed by atoms with Gasteiger partial charge in [0, 0.05) is 29.6 Å². The van der Waals surface area contributed by atoms with E-state index in [4.69, 9.17) is 21.8 Å². The van der Waals surface area contributed by atoms with Gasteiger partial charge >= 0.3 is 11.9 Å². The van der Waals surface area contributed by atoms with Crippen LogP contribution in [-0.2, 0) is 9.59 Å². The number of aromatic nitrogens is 4. The number of imidazole rings is 2. The molecule has 4 rings (SSSR count). The zero-order valence-corrected chi connectivity index (χ0v) is 16.3. The van der Waals surface area contributed by atoms with Gasteiger partial charge in [-0.05, 0) is 35.4 Å². The predicted molar refractivity (Wildman–Crippen MR) is 111 cm³/mol. The number of carboxylic acids is 2. The second-order valence-corrected chi connectivity index (χ2v) is 6.59. The van der Waals surface area contributed by atoms with Crippen molar-refractivity contribution in [2.24, 2.45) is 0 Å². The van der Waals surface area contributed by atoms with Crippen LogP contribution in [0.1, 0.15) is 17.2 Å². The summed E-state index contributed by atoms with van der Waals surface area (Å²) in [5.41, 5.74) is 4.24. The Morgan fingerprint density at radius 3 is 2.43 bits per heavy atom. The number of fused-ring (bicyclic) bond motifs is 1. The second kappa shape index (κ2) is 9.53. The van der Waals surface area contributed by atoms with Crippen molar-refractivity contribution in [1.82, 2.24) is 19.5 Å². The summed E-state index contributed by atoms with van der Waals surface area (Å²) in [6, 6.07) is 14.2. The highest BCUT2D eigenvalue weighted by molar-refractivity contribution is 6.30.